The van der Waals surface area contributed by atoms with Crippen LogP contribution in [0.15, 0.2) is 18.2 Å². The third-order valence-electron chi connectivity index (χ3n) is 3.30. The van der Waals surface area contributed by atoms with Crippen LogP contribution in [0.2, 0.25) is 0 Å². The van der Waals surface area contributed by atoms with Gasteiger partial charge in [0.2, 0.25) is 0 Å². The molecule has 1 aliphatic heterocycles. The Morgan fingerprint density at radius 1 is 1.17 bits per heavy atom. The third kappa shape index (κ3) is 2.60. The van der Waals surface area contributed by atoms with Crippen LogP contribution in [0.5, 0.6) is 11.5 Å². The van der Waals surface area contributed by atoms with E-state index in [1.807, 2.05) is 25.2 Å². The van der Waals surface area contributed by atoms with E-state index in [4.69, 9.17) is 9.47 Å². The van der Waals surface area contributed by atoms with Crippen molar-refractivity contribution in [2.45, 2.75) is 26.0 Å². The van der Waals surface area contributed by atoms with Crippen molar-refractivity contribution in [3.63, 3.8) is 0 Å². The number of hydrogen-bond donors (Lipinski definition) is 2. The normalized spacial score (nSPS) is 17.6. The molecule has 2 N–H and O–H groups in total. The number of likely N-dealkylation sites (N-methyl/N-ethyl adjacent to an activating group) is 1. The van der Waals surface area contributed by atoms with Crippen LogP contribution >= 0.6 is 0 Å². The second-order valence-electron chi connectivity index (χ2n) is 4.91. The summed E-state index contributed by atoms with van der Waals surface area (Å²) in [7, 11) is 1.87. The van der Waals surface area contributed by atoms with Crippen LogP contribution in [0.1, 0.15) is 25.5 Å². The van der Waals surface area contributed by atoms with Crippen LogP contribution in [-0.2, 0) is 0 Å². The lowest BCUT2D eigenvalue weighted by Crippen LogP contribution is -2.36. The molecule has 0 radical (unpaired) electrons. The summed E-state index contributed by atoms with van der Waals surface area (Å²) in [6.45, 7) is 5.32. The fraction of sp³-hybridized carbons (Fsp3) is 0.571. The van der Waals surface area contributed by atoms with Crippen LogP contribution in [0.4, 0.5) is 0 Å². The summed E-state index contributed by atoms with van der Waals surface area (Å²) in [5.74, 6) is 1.82. The fourth-order valence-corrected chi connectivity index (χ4v) is 2.31. The smallest absolute Gasteiger partial charge is 0.161 e. The molecule has 2 atom stereocenters. The number of nitrogens with one attached hydrogen (secondary N) is 1. The number of fused-ring (bicyclic) bond motifs is 1. The van der Waals surface area contributed by atoms with E-state index < -0.39 is 6.10 Å². The van der Waals surface area contributed by atoms with Crippen molar-refractivity contribution in [3.05, 3.63) is 23.8 Å². The number of ether oxygens (including phenoxy) is 2. The zero-order chi connectivity index (χ0) is 13.1. The van der Waals surface area contributed by atoms with Crippen molar-refractivity contribution in [2.75, 3.05) is 20.3 Å². The molecule has 0 aliphatic carbocycles. The van der Waals surface area contributed by atoms with E-state index in [1.54, 1.807) is 0 Å². The molecule has 0 saturated carbocycles. The lowest BCUT2D eigenvalue weighted by molar-refractivity contribution is 0.108. The van der Waals surface area contributed by atoms with Gasteiger partial charge >= 0.3 is 0 Å². The molecule has 100 valence electrons. The van der Waals surface area contributed by atoms with E-state index in [0.29, 0.717) is 19.1 Å². The number of benzene rings is 1. The zero-order valence-corrected chi connectivity index (χ0v) is 11.1. The van der Waals surface area contributed by atoms with Gasteiger partial charge in [0.1, 0.15) is 13.2 Å². The summed E-state index contributed by atoms with van der Waals surface area (Å²) < 4.78 is 11.0. The summed E-state index contributed by atoms with van der Waals surface area (Å²) >= 11 is 0. The summed E-state index contributed by atoms with van der Waals surface area (Å²) in [5, 5.41) is 13.6. The van der Waals surface area contributed by atoms with Gasteiger partial charge in [0.05, 0.1) is 6.10 Å². The highest BCUT2D eigenvalue weighted by Gasteiger charge is 2.24. The maximum atomic E-state index is 10.4. The fourth-order valence-electron chi connectivity index (χ4n) is 2.31. The minimum atomic E-state index is -0.550. The molecule has 2 unspecified atom stereocenters. The second kappa shape index (κ2) is 5.59. The molecule has 18 heavy (non-hydrogen) atoms. The Morgan fingerprint density at radius 2 is 1.83 bits per heavy atom. The molecule has 0 fully saturated rings. The first kappa shape index (κ1) is 13.2. The van der Waals surface area contributed by atoms with Gasteiger partial charge < -0.3 is 19.9 Å². The van der Waals surface area contributed by atoms with Gasteiger partial charge in [-0.1, -0.05) is 19.9 Å². The van der Waals surface area contributed by atoms with Gasteiger partial charge in [-0.25, -0.2) is 0 Å². The highest BCUT2D eigenvalue weighted by molar-refractivity contribution is 5.44. The first-order valence-corrected chi connectivity index (χ1v) is 6.38. The van der Waals surface area contributed by atoms with Crippen molar-refractivity contribution in [2.24, 2.45) is 5.92 Å². The minimum Gasteiger partial charge on any atom is -0.486 e. The highest BCUT2D eigenvalue weighted by Crippen LogP contribution is 2.34. The molecule has 0 bridgehead atoms. The summed E-state index contributed by atoms with van der Waals surface area (Å²) in [5.41, 5.74) is 0.854. The lowest BCUT2D eigenvalue weighted by atomic mass is 9.93. The molecular formula is C14H21NO3. The molecule has 1 heterocycles. The van der Waals surface area contributed by atoms with Gasteiger partial charge in [0.25, 0.3) is 0 Å². The van der Waals surface area contributed by atoms with E-state index in [-0.39, 0.29) is 6.04 Å². The van der Waals surface area contributed by atoms with E-state index in [1.165, 1.54) is 0 Å². The van der Waals surface area contributed by atoms with Gasteiger partial charge in [-0.2, -0.15) is 0 Å². The Hall–Kier alpha value is -1.26. The van der Waals surface area contributed by atoms with Crippen LogP contribution in [0.3, 0.4) is 0 Å². The molecular weight excluding hydrogens is 230 g/mol. The maximum absolute atomic E-state index is 10.4. The second-order valence-corrected chi connectivity index (χ2v) is 4.91. The lowest BCUT2D eigenvalue weighted by Gasteiger charge is -2.27. The van der Waals surface area contributed by atoms with Crippen molar-refractivity contribution in [3.8, 4) is 11.5 Å². The molecule has 1 aromatic rings. The largest absolute Gasteiger partial charge is 0.486 e. The molecule has 0 amide bonds. The standard InChI is InChI=1S/C14H21NO3/c1-9(2)13(15-3)14(16)10-4-5-11-12(8-10)18-7-6-17-11/h4-5,8-9,13-16H,6-7H2,1-3H3. The number of aliphatic hydroxyl groups excluding tert-OH is 1. The van der Waals surface area contributed by atoms with Crippen LogP contribution in [-0.4, -0.2) is 31.4 Å². The summed E-state index contributed by atoms with van der Waals surface area (Å²) in [4.78, 5) is 0. The van der Waals surface area contributed by atoms with E-state index in [2.05, 4.69) is 19.2 Å². The summed E-state index contributed by atoms with van der Waals surface area (Å²) in [6.07, 6.45) is -0.550. The first-order chi connectivity index (χ1) is 8.63. The monoisotopic (exact) mass is 251 g/mol. The van der Waals surface area contributed by atoms with Crippen molar-refractivity contribution in [1.82, 2.24) is 5.32 Å². The Bertz CT molecular complexity index is 406. The molecule has 1 aromatic carbocycles. The topological polar surface area (TPSA) is 50.7 Å². The van der Waals surface area contributed by atoms with Gasteiger partial charge in [-0.05, 0) is 30.7 Å². The Labute approximate surface area is 108 Å². The SMILES string of the molecule is CNC(C(C)C)C(O)c1ccc2c(c1)OCCO2. The van der Waals surface area contributed by atoms with Gasteiger partial charge in [0, 0.05) is 6.04 Å². The van der Waals surface area contributed by atoms with Crippen LogP contribution < -0.4 is 14.8 Å². The molecule has 2 rings (SSSR count). The van der Waals surface area contributed by atoms with Gasteiger partial charge in [-0.3, -0.25) is 0 Å². The van der Waals surface area contributed by atoms with E-state index in [9.17, 15) is 5.11 Å². The molecule has 1 aliphatic rings. The molecule has 4 nitrogen and oxygen atoms in total. The highest BCUT2D eigenvalue weighted by atomic mass is 16.6. The molecule has 0 aromatic heterocycles. The predicted octanol–water partition coefficient (Wildman–Crippen LogP) is 1.74. The number of aliphatic hydroxyl groups is 1. The molecule has 0 spiro atoms. The number of hydrogen-bond acceptors (Lipinski definition) is 4. The Morgan fingerprint density at radius 3 is 2.44 bits per heavy atom. The van der Waals surface area contributed by atoms with Gasteiger partial charge in [-0.15, -0.1) is 0 Å². The predicted molar refractivity (Wildman–Crippen MR) is 70.1 cm³/mol. The van der Waals surface area contributed by atoms with E-state index in [0.717, 1.165) is 17.1 Å². The number of rotatable bonds is 4. The van der Waals surface area contributed by atoms with Crippen molar-refractivity contribution < 1.29 is 14.6 Å². The third-order valence-corrected chi connectivity index (χ3v) is 3.30. The first-order valence-electron chi connectivity index (χ1n) is 6.38. The Balaban J connectivity index is 2.22. The van der Waals surface area contributed by atoms with Gasteiger partial charge in [0.15, 0.2) is 11.5 Å². The molecule has 4 heteroatoms. The average molecular weight is 251 g/mol. The van der Waals surface area contributed by atoms with Crippen molar-refractivity contribution in [1.29, 1.82) is 0 Å². The molecule has 0 saturated heterocycles. The van der Waals surface area contributed by atoms with Crippen molar-refractivity contribution >= 4 is 0 Å². The quantitative estimate of drug-likeness (QED) is 0.855. The maximum Gasteiger partial charge on any atom is 0.161 e. The Kier molecular flexibility index (Phi) is 4.09. The summed E-state index contributed by atoms with van der Waals surface area (Å²) in [6, 6.07) is 5.64. The minimum absolute atomic E-state index is 0.0209. The zero-order valence-electron chi connectivity index (χ0n) is 11.1. The van der Waals surface area contributed by atoms with Crippen LogP contribution in [0.25, 0.3) is 0 Å². The average Bonchev–Trinajstić information content (AvgIpc) is 2.38. The van der Waals surface area contributed by atoms with Crippen LogP contribution in [0, 0.1) is 5.92 Å². The van der Waals surface area contributed by atoms with E-state index >= 15 is 0 Å².